The lowest BCUT2D eigenvalue weighted by molar-refractivity contribution is 0.0436. The molecular weight excluding hydrogens is 290 g/mol. The first-order valence-electron chi connectivity index (χ1n) is 6.25. The molecule has 0 saturated carbocycles. The Hall–Kier alpha value is -2.21. The second kappa shape index (κ2) is 6.99. The fourth-order valence-electron chi connectivity index (χ4n) is 1.51. The van der Waals surface area contributed by atoms with Gasteiger partial charge in [-0.1, -0.05) is 12.1 Å². The van der Waals surface area contributed by atoms with E-state index in [0.717, 1.165) is 22.2 Å². The van der Waals surface area contributed by atoms with Crippen molar-refractivity contribution in [3.63, 3.8) is 0 Å². The number of furan rings is 1. The lowest BCUT2D eigenvalue weighted by Gasteiger charge is -2.10. The largest absolute Gasteiger partial charge is 0.457 e. The smallest absolute Gasteiger partial charge is 0.374 e. The molecule has 21 heavy (non-hydrogen) atoms. The number of thioether (sulfide) groups is 1. The number of esters is 1. The van der Waals surface area contributed by atoms with E-state index in [0.29, 0.717) is 0 Å². The van der Waals surface area contributed by atoms with Crippen molar-refractivity contribution in [3.05, 3.63) is 54.0 Å². The van der Waals surface area contributed by atoms with Crippen molar-refractivity contribution >= 4 is 23.0 Å². The molecule has 0 aliphatic carbocycles. The molecule has 0 saturated heterocycles. The van der Waals surface area contributed by atoms with Crippen LogP contribution < -0.4 is 0 Å². The third-order valence-corrected chi connectivity index (χ3v) is 3.59. The standard InChI is InChI=1S/C15H15NO4S/c1-16(2)15(18)21-12-6-3-5-11(9-12)10-20-14(17)13-7-4-8-19-13/h3-9H,10H2,1-2H3. The van der Waals surface area contributed by atoms with Crippen molar-refractivity contribution in [3.8, 4) is 0 Å². The highest BCUT2D eigenvalue weighted by Gasteiger charge is 2.11. The van der Waals surface area contributed by atoms with E-state index in [-0.39, 0.29) is 17.6 Å². The first-order chi connectivity index (χ1) is 10.1. The molecule has 2 aromatic rings. The number of hydrogen-bond acceptors (Lipinski definition) is 5. The molecule has 2 rings (SSSR count). The Labute approximate surface area is 126 Å². The molecule has 1 heterocycles. The van der Waals surface area contributed by atoms with Crippen molar-refractivity contribution in [1.29, 1.82) is 0 Å². The first kappa shape index (κ1) is 15.2. The Bertz CT molecular complexity index is 622. The topological polar surface area (TPSA) is 59.8 Å². The average molecular weight is 305 g/mol. The van der Waals surface area contributed by atoms with Gasteiger partial charge in [0.15, 0.2) is 0 Å². The summed E-state index contributed by atoms with van der Waals surface area (Å²) in [5, 5.41) is -0.0558. The van der Waals surface area contributed by atoms with Gasteiger partial charge in [0.25, 0.3) is 5.24 Å². The Morgan fingerprint density at radius 2 is 2.05 bits per heavy atom. The second-order valence-electron chi connectivity index (χ2n) is 4.46. The van der Waals surface area contributed by atoms with Gasteiger partial charge < -0.3 is 14.1 Å². The Balaban J connectivity index is 1.95. The zero-order valence-corrected chi connectivity index (χ0v) is 12.6. The summed E-state index contributed by atoms with van der Waals surface area (Å²) in [4.78, 5) is 25.6. The average Bonchev–Trinajstić information content (AvgIpc) is 2.99. The SMILES string of the molecule is CN(C)C(=O)Sc1cccc(COC(=O)c2ccco2)c1. The molecule has 1 amide bonds. The van der Waals surface area contributed by atoms with Gasteiger partial charge in [0, 0.05) is 19.0 Å². The lowest BCUT2D eigenvalue weighted by atomic mass is 10.2. The monoisotopic (exact) mass is 305 g/mol. The van der Waals surface area contributed by atoms with Gasteiger partial charge in [0.2, 0.25) is 5.76 Å². The highest BCUT2D eigenvalue weighted by Crippen LogP contribution is 2.22. The zero-order valence-electron chi connectivity index (χ0n) is 11.7. The number of nitrogens with zero attached hydrogens (tertiary/aromatic N) is 1. The molecule has 0 N–H and O–H groups in total. The Morgan fingerprint density at radius 3 is 2.71 bits per heavy atom. The molecule has 0 unspecified atom stereocenters. The van der Waals surface area contributed by atoms with Crippen LogP contribution in [0, 0.1) is 0 Å². The number of carbonyl (C=O) groups is 2. The summed E-state index contributed by atoms with van der Waals surface area (Å²) < 4.78 is 10.1. The zero-order chi connectivity index (χ0) is 15.2. The highest BCUT2D eigenvalue weighted by atomic mass is 32.2. The number of ether oxygens (including phenoxy) is 1. The van der Waals surface area contributed by atoms with Crippen LogP contribution in [0.2, 0.25) is 0 Å². The Kier molecular flexibility index (Phi) is 5.05. The van der Waals surface area contributed by atoms with Gasteiger partial charge in [-0.2, -0.15) is 0 Å². The van der Waals surface area contributed by atoms with Gasteiger partial charge in [-0.3, -0.25) is 4.79 Å². The van der Waals surface area contributed by atoms with Crippen LogP contribution in [0.4, 0.5) is 4.79 Å². The number of amides is 1. The van der Waals surface area contributed by atoms with Crippen LogP contribution in [-0.4, -0.2) is 30.2 Å². The summed E-state index contributed by atoms with van der Waals surface area (Å²) in [6.45, 7) is 0.129. The maximum atomic E-state index is 11.6. The van der Waals surface area contributed by atoms with E-state index in [1.807, 2.05) is 24.3 Å². The van der Waals surface area contributed by atoms with E-state index >= 15 is 0 Å². The van der Waals surface area contributed by atoms with Gasteiger partial charge in [-0.05, 0) is 41.6 Å². The highest BCUT2D eigenvalue weighted by molar-refractivity contribution is 8.13. The molecule has 0 spiro atoms. The molecule has 6 heteroatoms. The first-order valence-corrected chi connectivity index (χ1v) is 7.06. The minimum absolute atomic E-state index is 0.0558. The maximum absolute atomic E-state index is 11.6. The molecule has 110 valence electrons. The minimum atomic E-state index is -0.512. The Morgan fingerprint density at radius 1 is 1.24 bits per heavy atom. The number of benzene rings is 1. The van der Waals surface area contributed by atoms with Crippen LogP contribution >= 0.6 is 11.8 Å². The summed E-state index contributed by atoms with van der Waals surface area (Å²) in [5.41, 5.74) is 0.812. The van der Waals surface area contributed by atoms with E-state index in [1.54, 1.807) is 26.2 Å². The van der Waals surface area contributed by atoms with Crippen molar-refractivity contribution in [2.45, 2.75) is 11.5 Å². The van der Waals surface area contributed by atoms with Crippen molar-refractivity contribution in [2.75, 3.05) is 14.1 Å². The molecule has 0 bridgehead atoms. The molecular formula is C15H15NO4S. The van der Waals surface area contributed by atoms with E-state index in [2.05, 4.69) is 0 Å². The van der Waals surface area contributed by atoms with Crippen molar-refractivity contribution in [1.82, 2.24) is 4.90 Å². The summed E-state index contributed by atoms with van der Waals surface area (Å²) in [5.74, 6) is -0.342. The van der Waals surface area contributed by atoms with Gasteiger partial charge in [0.05, 0.1) is 6.26 Å². The molecule has 0 aliphatic heterocycles. The normalized spacial score (nSPS) is 10.2. The molecule has 1 aromatic carbocycles. The van der Waals surface area contributed by atoms with Crippen LogP contribution in [0.25, 0.3) is 0 Å². The van der Waals surface area contributed by atoms with Gasteiger partial charge in [-0.25, -0.2) is 4.79 Å². The quantitative estimate of drug-likeness (QED) is 0.640. The number of rotatable bonds is 4. The predicted octanol–water partition coefficient (Wildman–Crippen LogP) is 3.41. The number of carbonyl (C=O) groups excluding carboxylic acids is 2. The summed E-state index contributed by atoms with van der Waals surface area (Å²) in [6.07, 6.45) is 1.42. The summed E-state index contributed by atoms with van der Waals surface area (Å²) >= 11 is 1.13. The van der Waals surface area contributed by atoms with Crippen molar-refractivity contribution in [2.24, 2.45) is 0 Å². The van der Waals surface area contributed by atoms with E-state index in [1.165, 1.54) is 11.2 Å². The summed E-state index contributed by atoms with van der Waals surface area (Å²) in [6, 6.07) is 10.5. The van der Waals surface area contributed by atoms with Crippen LogP contribution in [0.15, 0.2) is 52.0 Å². The molecule has 0 atom stereocenters. The third kappa shape index (κ3) is 4.39. The predicted molar refractivity (Wildman–Crippen MR) is 79.2 cm³/mol. The van der Waals surface area contributed by atoms with E-state index < -0.39 is 5.97 Å². The fourth-order valence-corrected chi connectivity index (χ4v) is 2.25. The maximum Gasteiger partial charge on any atom is 0.374 e. The second-order valence-corrected chi connectivity index (χ2v) is 5.49. The lowest BCUT2D eigenvalue weighted by Crippen LogP contribution is -2.16. The van der Waals surface area contributed by atoms with Gasteiger partial charge >= 0.3 is 5.97 Å². The van der Waals surface area contributed by atoms with Crippen molar-refractivity contribution < 1.29 is 18.7 Å². The van der Waals surface area contributed by atoms with E-state index in [4.69, 9.17) is 9.15 Å². The summed E-state index contributed by atoms with van der Waals surface area (Å²) in [7, 11) is 3.40. The van der Waals surface area contributed by atoms with Crippen LogP contribution in [0.5, 0.6) is 0 Å². The molecule has 5 nitrogen and oxygen atoms in total. The van der Waals surface area contributed by atoms with Crippen LogP contribution in [0.3, 0.4) is 0 Å². The molecule has 1 aromatic heterocycles. The molecule has 0 radical (unpaired) electrons. The van der Waals surface area contributed by atoms with Gasteiger partial charge in [-0.15, -0.1) is 0 Å². The molecule has 0 aliphatic rings. The minimum Gasteiger partial charge on any atom is -0.457 e. The van der Waals surface area contributed by atoms with Crippen LogP contribution in [-0.2, 0) is 11.3 Å². The van der Waals surface area contributed by atoms with Crippen LogP contribution in [0.1, 0.15) is 16.1 Å². The third-order valence-electron chi connectivity index (χ3n) is 2.56. The van der Waals surface area contributed by atoms with Gasteiger partial charge in [0.1, 0.15) is 6.61 Å². The number of hydrogen-bond donors (Lipinski definition) is 0. The fraction of sp³-hybridized carbons (Fsp3) is 0.200. The van der Waals surface area contributed by atoms with E-state index in [9.17, 15) is 9.59 Å². The molecule has 0 fully saturated rings.